The molecule has 0 aromatic heterocycles. The monoisotopic (exact) mass is 360 g/mol. The van der Waals surface area contributed by atoms with Crippen LogP contribution in [0.2, 0.25) is 5.02 Å². The van der Waals surface area contributed by atoms with Gasteiger partial charge in [0.25, 0.3) is 5.69 Å². The molecule has 6 nitrogen and oxygen atoms in total. The smallest absolute Gasteiger partial charge is 0.290 e. The predicted octanol–water partition coefficient (Wildman–Crippen LogP) is 4.83. The van der Waals surface area contributed by atoms with Crippen molar-refractivity contribution in [3.8, 4) is 11.5 Å². The van der Waals surface area contributed by atoms with Crippen LogP contribution in [0.15, 0.2) is 48.0 Å². The van der Waals surface area contributed by atoms with Crippen molar-refractivity contribution >= 4 is 29.2 Å². The first-order valence-electron chi connectivity index (χ1n) is 7.53. The minimum absolute atomic E-state index is 0.0560. The Morgan fingerprint density at radius 1 is 1.40 bits per heavy atom. The van der Waals surface area contributed by atoms with E-state index in [1.54, 1.807) is 30.5 Å². The number of benzene rings is 2. The van der Waals surface area contributed by atoms with Crippen LogP contribution in [0.1, 0.15) is 18.1 Å². The first-order chi connectivity index (χ1) is 12.0. The summed E-state index contributed by atoms with van der Waals surface area (Å²) < 4.78 is 5.43. The van der Waals surface area contributed by atoms with Crippen molar-refractivity contribution in [2.75, 3.05) is 6.61 Å². The van der Waals surface area contributed by atoms with Gasteiger partial charge in [-0.25, -0.2) is 0 Å². The molecule has 0 spiro atoms. The van der Waals surface area contributed by atoms with Crippen LogP contribution in [0.5, 0.6) is 11.5 Å². The molecular formula is C18H17ClN2O4. The van der Waals surface area contributed by atoms with Crippen LogP contribution in [-0.4, -0.2) is 22.9 Å². The molecule has 0 aliphatic rings. The predicted molar refractivity (Wildman–Crippen MR) is 98.5 cm³/mol. The highest BCUT2D eigenvalue weighted by Crippen LogP contribution is 2.32. The van der Waals surface area contributed by atoms with Gasteiger partial charge in [0.1, 0.15) is 5.02 Å². The first kappa shape index (κ1) is 18.5. The van der Waals surface area contributed by atoms with Gasteiger partial charge in [-0.3, -0.25) is 15.1 Å². The summed E-state index contributed by atoms with van der Waals surface area (Å²) in [6, 6.07) is 7.72. The Balaban J connectivity index is 2.38. The van der Waals surface area contributed by atoms with Crippen LogP contribution in [0.3, 0.4) is 0 Å². The SMILES string of the molecule is C=CCc1cc(C=Nc2ccc(Cl)c([N+](=O)[O-])c2)cc(OCC)c1O. The van der Waals surface area contributed by atoms with Crippen molar-refractivity contribution in [1.82, 2.24) is 0 Å². The Hall–Kier alpha value is -2.86. The van der Waals surface area contributed by atoms with Crippen molar-refractivity contribution in [3.05, 3.63) is 69.3 Å². The van der Waals surface area contributed by atoms with E-state index >= 15 is 0 Å². The highest BCUT2D eigenvalue weighted by molar-refractivity contribution is 6.32. The van der Waals surface area contributed by atoms with Gasteiger partial charge in [0.2, 0.25) is 0 Å². The summed E-state index contributed by atoms with van der Waals surface area (Å²) >= 11 is 5.79. The number of hydrogen-bond acceptors (Lipinski definition) is 5. The second-order valence-corrected chi connectivity index (χ2v) is 5.51. The number of hydrogen-bond donors (Lipinski definition) is 1. The Kier molecular flexibility index (Phi) is 6.14. The largest absolute Gasteiger partial charge is 0.504 e. The molecule has 0 aliphatic carbocycles. The minimum atomic E-state index is -0.558. The van der Waals surface area contributed by atoms with E-state index in [0.717, 1.165) is 0 Å². The minimum Gasteiger partial charge on any atom is -0.504 e. The average Bonchev–Trinajstić information content (AvgIpc) is 2.58. The number of nitro benzene ring substituents is 1. The van der Waals surface area contributed by atoms with Gasteiger partial charge in [0.15, 0.2) is 11.5 Å². The molecule has 0 amide bonds. The average molecular weight is 361 g/mol. The molecule has 0 atom stereocenters. The zero-order valence-corrected chi connectivity index (χ0v) is 14.4. The molecule has 25 heavy (non-hydrogen) atoms. The molecule has 130 valence electrons. The summed E-state index contributed by atoms with van der Waals surface area (Å²) in [5.41, 5.74) is 1.54. The normalized spacial score (nSPS) is 10.8. The lowest BCUT2D eigenvalue weighted by Gasteiger charge is -2.10. The zero-order chi connectivity index (χ0) is 18.4. The quantitative estimate of drug-likeness (QED) is 0.331. The molecule has 0 saturated carbocycles. The number of phenolic OH excluding ortho intramolecular Hbond substituents is 1. The maximum Gasteiger partial charge on any atom is 0.290 e. The molecule has 0 unspecified atom stereocenters. The number of rotatable bonds is 7. The number of allylic oxidation sites excluding steroid dienone is 1. The van der Waals surface area contributed by atoms with E-state index in [-0.39, 0.29) is 16.5 Å². The summed E-state index contributed by atoms with van der Waals surface area (Å²) in [5, 5.41) is 21.2. The molecule has 0 bridgehead atoms. The molecule has 0 radical (unpaired) electrons. The van der Waals surface area contributed by atoms with Gasteiger partial charge in [0.05, 0.1) is 17.2 Å². The molecule has 2 rings (SSSR count). The van der Waals surface area contributed by atoms with Crippen LogP contribution in [0.25, 0.3) is 0 Å². The van der Waals surface area contributed by atoms with Gasteiger partial charge in [-0.05, 0) is 43.2 Å². The van der Waals surface area contributed by atoms with Crippen molar-refractivity contribution in [3.63, 3.8) is 0 Å². The Morgan fingerprint density at radius 2 is 2.16 bits per heavy atom. The van der Waals surface area contributed by atoms with E-state index in [1.165, 1.54) is 12.1 Å². The van der Waals surface area contributed by atoms with E-state index in [4.69, 9.17) is 16.3 Å². The van der Waals surface area contributed by atoms with Gasteiger partial charge in [-0.1, -0.05) is 17.7 Å². The van der Waals surface area contributed by atoms with E-state index in [9.17, 15) is 15.2 Å². The third-order valence-electron chi connectivity index (χ3n) is 3.33. The van der Waals surface area contributed by atoms with Gasteiger partial charge in [0, 0.05) is 17.8 Å². The lowest BCUT2D eigenvalue weighted by atomic mass is 10.1. The molecule has 1 N–H and O–H groups in total. The fraction of sp³-hybridized carbons (Fsp3) is 0.167. The maximum atomic E-state index is 10.9. The number of aromatic hydroxyl groups is 1. The molecule has 0 saturated heterocycles. The Morgan fingerprint density at radius 3 is 2.80 bits per heavy atom. The Labute approximate surface area is 150 Å². The Bertz CT molecular complexity index is 834. The number of phenols is 1. The highest BCUT2D eigenvalue weighted by Gasteiger charge is 2.13. The van der Waals surface area contributed by atoms with Gasteiger partial charge < -0.3 is 9.84 Å². The van der Waals surface area contributed by atoms with E-state index in [2.05, 4.69) is 11.6 Å². The summed E-state index contributed by atoms with van der Waals surface area (Å²) in [7, 11) is 0. The third-order valence-corrected chi connectivity index (χ3v) is 3.65. The van der Waals surface area contributed by atoms with Crippen molar-refractivity contribution in [1.29, 1.82) is 0 Å². The van der Waals surface area contributed by atoms with E-state index in [1.807, 2.05) is 6.92 Å². The number of nitro groups is 1. The van der Waals surface area contributed by atoms with Gasteiger partial charge in [-0.15, -0.1) is 6.58 Å². The number of nitrogens with zero attached hydrogens (tertiary/aromatic N) is 2. The van der Waals surface area contributed by atoms with Gasteiger partial charge in [-0.2, -0.15) is 0 Å². The van der Waals surface area contributed by atoms with E-state index in [0.29, 0.717) is 35.6 Å². The standard InChI is InChI=1S/C18H17ClN2O4/c1-3-5-13-8-12(9-17(18(13)22)25-4-2)11-20-14-6-7-15(19)16(10-14)21(23)24/h3,6-11,22H,1,4-5H2,2H3. The van der Waals surface area contributed by atoms with Crippen LogP contribution >= 0.6 is 11.6 Å². The topological polar surface area (TPSA) is 85.0 Å². The number of aliphatic imine (C=N–C) groups is 1. The fourth-order valence-electron chi connectivity index (χ4n) is 2.21. The fourth-order valence-corrected chi connectivity index (χ4v) is 2.40. The van der Waals surface area contributed by atoms with Crippen LogP contribution in [0.4, 0.5) is 11.4 Å². The molecule has 2 aromatic carbocycles. The zero-order valence-electron chi connectivity index (χ0n) is 13.6. The molecule has 0 aliphatic heterocycles. The molecule has 7 heteroatoms. The molecule has 0 fully saturated rings. The van der Waals surface area contributed by atoms with Crippen molar-refractivity contribution < 1.29 is 14.8 Å². The van der Waals surface area contributed by atoms with Crippen molar-refractivity contribution in [2.45, 2.75) is 13.3 Å². The maximum absolute atomic E-state index is 10.9. The molecule has 0 heterocycles. The van der Waals surface area contributed by atoms with Crippen LogP contribution < -0.4 is 4.74 Å². The summed E-state index contributed by atoms with van der Waals surface area (Å²) in [6.45, 7) is 5.90. The first-order valence-corrected chi connectivity index (χ1v) is 7.91. The van der Waals surface area contributed by atoms with Gasteiger partial charge >= 0.3 is 0 Å². The second-order valence-electron chi connectivity index (χ2n) is 5.10. The number of ether oxygens (including phenoxy) is 1. The lowest BCUT2D eigenvalue weighted by Crippen LogP contribution is -1.96. The van der Waals surface area contributed by atoms with E-state index < -0.39 is 4.92 Å². The molecule has 2 aromatic rings. The summed E-state index contributed by atoms with van der Waals surface area (Å²) in [5.74, 6) is 0.423. The molecular weight excluding hydrogens is 344 g/mol. The highest BCUT2D eigenvalue weighted by atomic mass is 35.5. The lowest BCUT2D eigenvalue weighted by molar-refractivity contribution is -0.384. The van der Waals surface area contributed by atoms with Crippen molar-refractivity contribution in [2.24, 2.45) is 4.99 Å². The van der Waals surface area contributed by atoms with Crippen LogP contribution in [-0.2, 0) is 6.42 Å². The third kappa shape index (κ3) is 4.58. The summed E-state index contributed by atoms with van der Waals surface area (Å²) in [6.07, 6.45) is 3.69. The van der Waals surface area contributed by atoms with Crippen LogP contribution in [0, 0.1) is 10.1 Å². The summed E-state index contributed by atoms with van der Waals surface area (Å²) in [4.78, 5) is 14.6. The number of halogens is 1. The second kappa shape index (κ2) is 8.30.